The number of aromatic nitrogens is 1. The van der Waals surface area contributed by atoms with Crippen LogP contribution in [0.2, 0.25) is 0 Å². The standard InChI is InChI=1S/C7H9FN2/c1-2-6(9)5-3-7(8)10-4-5/h2-4,6,10H,1,9H2/t6-/m0/s1. The van der Waals surface area contributed by atoms with Crippen molar-refractivity contribution in [1.82, 2.24) is 4.98 Å². The molecule has 0 fully saturated rings. The first kappa shape index (κ1) is 7.02. The van der Waals surface area contributed by atoms with E-state index in [-0.39, 0.29) is 12.0 Å². The van der Waals surface area contributed by atoms with Crippen molar-refractivity contribution < 1.29 is 4.39 Å². The number of halogens is 1. The van der Waals surface area contributed by atoms with Gasteiger partial charge in [0.2, 0.25) is 0 Å². The Hall–Kier alpha value is -1.09. The lowest BCUT2D eigenvalue weighted by Gasteiger charge is -1.99. The molecule has 0 bridgehead atoms. The predicted molar refractivity (Wildman–Crippen MR) is 37.9 cm³/mol. The molecular weight excluding hydrogens is 131 g/mol. The van der Waals surface area contributed by atoms with E-state index in [1.807, 2.05) is 0 Å². The average molecular weight is 140 g/mol. The van der Waals surface area contributed by atoms with Crippen molar-refractivity contribution >= 4 is 0 Å². The Labute approximate surface area is 58.6 Å². The number of aromatic amines is 1. The molecule has 1 heterocycles. The van der Waals surface area contributed by atoms with Crippen LogP contribution in [0.5, 0.6) is 0 Å². The van der Waals surface area contributed by atoms with Crippen LogP contribution in [0.4, 0.5) is 4.39 Å². The molecule has 3 N–H and O–H groups in total. The molecule has 0 unspecified atom stereocenters. The summed E-state index contributed by atoms with van der Waals surface area (Å²) < 4.78 is 12.3. The maximum Gasteiger partial charge on any atom is 0.191 e. The molecule has 0 amide bonds. The molecule has 0 spiro atoms. The highest BCUT2D eigenvalue weighted by molar-refractivity contribution is 5.18. The highest BCUT2D eigenvalue weighted by Gasteiger charge is 2.02. The van der Waals surface area contributed by atoms with E-state index in [4.69, 9.17) is 5.73 Å². The Kier molecular flexibility index (Phi) is 1.87. The van der Waals surface area contributed by atoms with Crippen LogP contribution in [0.15, 0.2) is 24.9 Å². The summed E-state index contributed by atoms with van der Waals surface area (Å²) in [5, 5.41) is 0. The fourth-order valence-electron chi connectivity index (χ4n) is 0.710. The third-order valence-electron chi connectivity index (χ3n) is 1.31. The van der Waals surface area contributed by atoms with Gasteiger partial charge in [-0.15, -0.1) is 6.58 Å². The summed E-state index contributed by atoms with van der Waals surface area (Å²) in [4.78, 5) is 2.39. The highest BCUT2D eigenvalue weighted by Crippen LogP contribution is 2.10. The fourth-order valence-corrected chi connectivity index (χ4v) is 0.710. The van der Waals surface area contributed by atoms with Gasteiger partial charge in [-0.1, -0.05) is 6.08 Å². The summed E-state index contributed by atoms with van der Waals surface area (Å²) in [6.07, 6.45) is 3.09. The van der Waals surface area contributed by atoms with Gasteiger partial charge in [-0.25, -0.2) is 0 Å². The van der Waals surface area contributed by atoms with Gasteiger partial charge < -0.3 is 10.7 Å². The average Bonchev–Trinajstić information content (AvgIpc) is 2.34. The summed E-state index contributed by atoms with van der Waals surface area (Å²) in [6.45, 7) is 3.48. The lowest BCUT2D eigenvalue weighted by molar-refractivity contribution is 0.591. The van der Waals surface area contributed by atoms with Crippen molar-refractivity contribution in [3.8, 4) is 0 Å². The Morgan fingerprint density at radius 2 is 2.50 bits per heavy atom. The van der Waals surface area contributed by atoms with E-state index >= 15 is 0 Å². The molecule has 1 aromatic heterocycles. The minimum atomic E-state index is -0.368. The second-order valence-corrected chi connectivity index (χ2v) is 2.04. The first-order valence-corrected chi connectivity index (χ1v) is 2.96. The quantitative estimate of drug-likeness (QED) is 0.598. The van der Waals surface area contributed by atoms with Crippen LogP contribution in [-0.2, 0) is 0 Å². The van der Waals surface area contributed by atoms with E-state index in [0.29, 0.717) is 5.56 Å². The van der Waals surface area contributed by atoms with Gasteiger partial charge in [0.25, 0.3) is 0 Å². The van der Waals surface area contributed by atoms with E-state index in [1.165, 1.54) is 12.3 Å². The van der Waals surface area contributed by atoms with Crippen molar-refractivity contribution in [3.05, 3.63) is 36.4 Å². The van der Waals surface area contributed by atoms with Crippen LogP contribution < -0.4 is 5.73 Å². The molecule has 0 aliphatic heterocycles. The maximum absolute atomic E-state index is 12.3. The second-order valence-electron chi connectivity index (χ2n) is 2.04. The van der Waals surface area contributed by atoms with Gasteiger partial charge in [0.05, 0.1) is 0 Å². The largest absolute Gasteiger partial charge is 0.338 e. The highest BCUT2D eigenvalue weighted by atomic mass is 19.1. The van der Waals surface area contributed by atoms with E-state index in [1.54, 1.807) is 6.08 Å². The topological polar surface area (TPSA) is 41.8 Å². The molecule has 0 radical (unpaired) electrons. The fraction of sp³-hybridized carbons (Fsp3) is 0.143. The normalized spacial score (nSPS) is 13.0. The molecule has 0 aliphatic rings. The summed E-state index contributed by atoms with van der Waals surface area (Å²) >= 11 is 0. The van der Waals surface area contributed by atoms with Gasteiger partial charge in [-0.3, -0.25) is 0 Å². The molecule has 0 aromatic carbocycles. The van der Waals surface area contributed by atoms with E-state index in [9.17, 15) is 4.39 Å². The number of nitrogens with two attached hydrogens (primary N) is 1. The molecule has 1 rings (SSSR count). The van der Waals surface area contributed by atoms with Crippen LogP contribution in [0, 0.1) is 5.95 Å². The number of H-pyrrole nitrogens is 1. The van der Waals surface area contributed by atoms with Crippen LogP contribution in [0.1, 0.15) is 11.6 Å². The third kappa shape index (κ3) is 1.25. The van der Waals surface area contributed by atoms with Crippen molar-refractivity contribution in [1.29, 1.82) is 0 Å². The number of nitrogens with one attached hydrogen (secondary N) is 1. The molecule has 0 saturated heterocycles. The van der Waals surface area contributed by atoms with Crippen LogP contribution in [0.25, 0.3) is 0 Å². The maximum atomic E-state index is 12.3. The number of rotatable bonds is 2. The van der Waals surface area contributed by atoms with E-state index in [0.717, 1.165) is 0 Å². The summed E-state index contributed by atoms with van der Waals surface area (Å²) in [6, 6.07) is 1.08. The van der Waals surface area contributed by atoms with Gasteiger partial charge in [-0.2, -0.15) is 4.39 Å². The Morgan fingerprint density at radius 1 is 1.80 bits per heavy atom. The van der Waals surface area contributed by atoms with Gasteiger partial charge in [0, 0.05) is 12.2 Å². The smallest absolute Gasteiger partial charge is 0.191 e. The van der Waals surface area contributed by atoms with Crippen molar-refractivity contribution in [2.75, 3.05) is 0 Å². The Balaban J connectivity index is 2.84. The van der Waals surface area contributed by atoms with Crippen molar-refractivity contribution in [2.45, 2.75) is 6.04 Å². The number of hydrogen-bond acceptors (Lipinski definition) is 1. The molecule has 0 saturated carbocycles. The number of hydrogen-bond donors (Lipinski definition) is 2. The van der Waals surface area contributed by atoms with E-state index in [2.05, 4.69) is 11.6 Å². The molecule has 54 valence electrons. The third-order valence-corrected chi connectivity index (χ3v) is 1.31. The first-order valence-electron chi connectivity index (χ1n) is 2.96. The predicted octanol–water partition coefficient (Wildman–Crippen LogP) is 1.34. The van der Waals surface area contributed by atoms with Crippen LogP contribution in [-0.4, -0.2) is 4.98 Å². The van der Waals surface area contributed by atoms with Gasteiger partial charge in [0.15, 0.2) is 5.95 Å². The molecule has 2 nitrogen and oxygen atoms in total. The van der Waals surface area contributed by atoms with Gasteiger partial charge in [-0.05, 0) is 11.6 Å². The summed E-state index contributed by atoms with van der Waals surface area (Å²) in [5.74, 6) is -0.368. The summed E-state index contributed by atoms with van der Waals surface area (Å²) in [5.41, 5.74) is 6.22. The zero-order valence-corrected chi connectivity index (χ0v) is 5.47. The minimum absolute atomic E-state index is 0.277. The Bertz CT molecular complexity index is 229. The molecular formula is C7H9FN2. The van der Waals surface area contributed by atoms with Gasteiger partial charge in [0.1, 0.15) is 0 Å². The van der Waals surface area contributed by atoms with Crippen LogP contribution >= 0.6 is 0 Å². The van der Waals surface area contributed by atoms with Gasteiger partial charge >= 0.3 is 0 Å². The lowest BCUT2D eigenvalue weighted by atomic mass is 10.2. The first-order chi connectivity index (χ1) is 4.74. The monoisotopic (exact) mass is 140 g/mol. The zero-order valence-electron chi connectivity index (χ0n) is 5.47. The van der Waals surface area contributed by atoms with E-state index < -0.39 is 0 Å². The van der Waals surface area contributed by atoms with Crippen LogP contribution in [0.3, 0.4) is 0 Å². The zero-order chi connectivity index (χ0) is 7.56. The lowest BCUT2D eigenvalue weighted by Crippen LogP contribution is -2.04. The second kappa shape index (κ2) is 2.66. The SMILES string of the molecule is C=C[C@H](N)c1c[nH]c(F)c1. The van der Waals surface area contributed by atoms with Crippen molar-refractivity contribution in [3.63, 3.8) is 0 Å². The summed E-state index contributed by atoms with van der Waals surface area (Å²) in [7, 11) is 0. The molecule has 10 heavy (non-hydrogen) atoms. The molecule has 1 aromatic rings. The molecule has 3 heteroatoms. The van der Waals surface area contributed by atoms with Crippen molar-refractivity contribution in [2.24, 2.45) is 5.73 Å². The molecule has 0 aliphatic carbocycles. The minimum Gasteiger partial charge on any atom is -0.338 e. The molecule has 1 atom stereocenters. The Morgan fingerprint density at radius 3 is 2.90 bits per heavy atom.